The van der Waals surface area contributed by atoms with Gasteiger partial charge in [-0.05, 0) is 24.3 Å². The Morgan fingerprint density at radius 2 is 0.823 bits per heavy atom. The van der Waals surface area contributed by atoms with Crippen molar-refractivity contribution in [1.82, 2.24) is 30.7 Å². The Labute approximate surface area is 370 Å². The molecule has 4 amide bonds. The number of rotatable bonds is 11. The summed E-state index contributed by atoms with van der Waals surface area (Å²) < 4.78 is 0. The summed E-state index contributed by atoms with van der Waals surface area (Å²) in [7, 11) is 0. The maximum atomic E-state index is 11.6. The number of carbonyl (C=O) groups is 4. The van der Waals surface area contributed by atoms with Crippen LogP contribution in [0.4, 0.5) is 22.7 Å². The van der Waals surface area contributed by atoms with Crippen molar-refractivity contribution >= 4 is 62.3 Å². The van der Waals surface area contributed by atoms with Gasteiger partial charge in [-0.25, -0.2) is 0 Å². The maximum absolute atomic E-state index is 11.6. The Morgan fingerprint density at radius 1 is 0.565 bits per heavy atom. The lowest BCUT2D eigenvalue weighted by Crippen LogP contribution is -2.49. The number of nitro benzene ring substituents is 2. The van der Waals surface area contributed by atoms with Gasteiger partial charge in [-0.3, -0.25) is 54.1 Å². The first-order valence-electron chi connectivity index (χ1n) is 19.9. The summed E-state index contributed by atoms with van der Waals surface area (Å²) in [4.78, 5) is 75.0. The average Bonchev–Trinajstić information content (AvgIpc) is 3.21. The molecule has 4 rings (SSSR count). The molecule has 344 valence electrons. The Balaban J connectivity index is 0.000000562. The van der Waals surface area contributed by atoms with E-state index in [9.17, 15) is 39.4 Å². The van der Waals surface area contributed by atoms with Crippen LogP contribution >= 0.6 is 15.9 Å². The van der Waals surface area contributed by atoms with Crippen LogP contribution in [0, 0.1) is 31.6 Å². The number of nitrogens with two attached hydrogens (primary N) is 4. The van der Waals surface area contributed by atoms with Crippen molar-refractivity contribution in [2.75, 3.05) is 139 Å². The van der Waals surface area contributed by atoms with Crippen molar-refractivity contribution in [2.24, 2.45) is 22.9 Å². The minimum atomic E-state index is -0.464. The zero-order chi connectivity index (χ0) is 46.3. The lowest BCUT2D eigenvalue weighted by Gasteiger charge is -2.34. The number of hydrogen-bond acceptors (Lipinski definition) is 17. The first-order chi connectivity index (χ1) is 29.6. The minimum absolute atomic E-state index is 0.00615. The van der Waals surface area contributed by atoms with Gasteiger partial charge in [-0.1, -0.05) is 15.9 Å². The molecule has 24 heteroatoms. The van der Waals surface area contributed by atoms with E-state index >= 15 is 0 Å². The monoisotopic (exact) mass is 935 g/mol. The van der Waals surface area contributed by atoms with Gasteiger partial charge in [0, 0.05) is 147 Å². The third-order valence-electron chi connectivity index (χ3n) is 9.03. The van der Waals surface area contributed by atoms with E-state index in [4.69, 9.17) is 22.5 Å². The standard InChI is InChI=1S/C20H32N8O5.C14H23N5O2.C2H4BrNO.C2H3N/c21-18(29)13-24-5-7-25(14-19(22)30)9-11-27(12-10-26(8-6-24)15-20(23)31)16-1-3-17(4-2-16)28(32)33;20-19(21)14-3-1-13(2-4-14)18-11-9-16-7-5-15-6-8-17-10-12-18;3-1-2(4)5;1-2-3/h1-4H,5-15H2,(H2,21,29)(H2,22,30)(H2,23,31);1-4,15-17H,5-12H2;1H2,(H2,4,5);1H3. The molecule has 2 aromatic rings. The molecule has 2 fully saturated rings. The number of nitrogens with one attached hydrogen (secondary N) is 3. The minimum Gasteiger partial charge on any atom is -0.369 e. The molecule has 2 aliphatic rings. The smallest absolute Gasteiger partial charge is 0.269 e. The molecule has 0 spiro atoms. The maximum Gasteiger partial charge on any atom is 0.269 e. The van der Waals surface area contributed by atoms with E-state index in [1.807, 2.05) is 31.7 Å². The topological polar surface area (TPSA) is 335 Å². The Hall–Kier alpha value is -5.55. The number of amides is 4. The highest BCUT2D eigenvalue weighted by Crippen LogP contribution is 2.20. The highest BCUT2D eigenvalue weighted by Gasteiger charge is 2.20. The largest absolute Gasteiger partial charge is 0.369 e. The zero-order valence-electron chi connectivity index (χ0n) is 35.3. The number of halogens is 1. The van der Waals surface area contributed by atoms with Gasteiger partial charge in [-0.15, -0.1) is 0 Å². The number of anilines is 2. The number of hydrogen-bond donors (Lipinski definition) is 7. The van der Waals surface area contributed by atoms with Crippen molar-refractivity contribution < 1.29 is 29.0 Å². The van der Waals surface area contributed by atoms with Gasteiger partial charge in [0.1, 0.15) is 0 Å². The first-order valence-corrected chi connectivity index (χ1v) is 21.0. The van der Waals surface area contributed by atoms with Crippen LogP contribution in [0.2, 0.25) is 0 Å². The van der Waals surface area contributed by atoms with Crippen molar-refractivity contribution in [3.8, 4) is 6.07 Å². The van der Waals surface area contributed by atoms with Crippen LogP contribution in [0.1, 0.15) is 6.92 Å². The number of non-ortho nitro benzene ring substituents is 2. The highest BCUT2D eigenvalue weighted by atomic mass is 79.9. The summed E-state index contributed by atoms with van der Waals surface area (Å²) in [6.07, 6.45) is 0. The highest BCUT2D eigenvalue weighted by molar-refractivity contribution is 9.09. The molecule has 0 aliphatic carbocycles. The van der Waals surface area contributed by atoms with E-state index in [-0.39, 0.29) is 47.2 Å². The Morgan fingerprint density at radius 3 is 1.08 bits per heavy atom. The van der Waals surface area contributed by atoms with Crippen LogP contribution in [0.3, 0.4) is 0 Å². The fourth-order valence-corrected chi connectivity index (χ4v) is 6.03. The van der Waals surface area contributed by atoms with Crippen LogP contribution in [-0.4, -0.2) is 178 Å². The van der Waals surface area contributed by atoms with Gasteiger partial charge in [0.05, 0.1) is 40.9 Å². The molecule has 2 saturated heterocycles. The van der Waals surface area contributed by atoms with Crippen LogP contribution in [0.25, 0.3) is 0 Å². The number of alkyl halides is 1. The van der Waals surface area contributed by atoms with Gasteiger partial charge in [0.15, 0.2) is 0 Å². The summed E-state index contributed by atoms with van der Waals surface area (Å²) in [6, 6.07) is 14.8. The number of carbonyl (C=O) groups excluding carboxylic acids is 4. The van der Waals surface area contributed by atoms with Crippen molar-refractivity contribution in [3.63, 3.8) is 0 Å². The molecule has 2 aromatic carbocycles. The van der Waals surface area contributed by atoms with E-state index in [2.05, 4.69) is 42.5 Å². The predicted octanol–water partition coefficient (Wildman–Crippen LogP) is -1.64. The SMILES string of the molecule is CC#N.NC(=O)CBr.NC(=O)CN1CCN(CC(N)=O)CCN(c2ccc([N+](=O)[O-])cc2)CCN(CC(N)=O)CC1.O=[N+]([O-])c1ccc(N2CCNCCNCCNCC2)cc1. The molecule has 0 bridgehead atoms. The number of benzene rings is 2. The number of nitro groups is 2. The molecule has 2 aliphatic heterocycles. The van der Waals surface area contributed by atoms with Crippen LogP contribution in [-0.2, 0) is 19.2 Å². The zero-order valence-corrected chi connectivity index (χ0v) is 36.9. The molecular formula is C38H62BrN15O8. The van der Waals surface area contributed by atoms with Crippen molar-refractivity contribution in [2.45, 2.75) is 6.92 Å². The van der Waals surface area contributed by atoms with Gasteiger partial charge in [0.2, 0.25) is 23.6 Å². The summed E-state index contributed by atoms with van der Waals surface area (Å²) in [5.41, 5.74) is 22.7. The number of primary amides is 4. The second kappa shape index (κ2) is 32.2. The average molecular weight is 937 g/mol. The molecule has 23 nitrogen and oxygen atoms in total. The number of nitrogens with zero attached hydrogens (tertiary/aromatic N) is 8. The van der Waals surface area contributed by atoms with Gasteiger partial charge in [0.25, 0.3) is 11.4 Å². The van der Waals surface area contributed by atoms with Crippen LogP contribution in [0.15, 0.2) is 48.5 Å². The molecule has 0 atom stereocenters. The predicted molar refractivity (Wildman–Crippen MR) is 240 cm³/mol. The first kappa shape index (κ1) is 54.5. The summed E-state index contributed by atoms with van der Waals surface area (Å²) in [5.74, 6) is -1.71. The molecule has 0 saturated carbocycles. The molecule has 62 heavy (non-hydrogen) atoms. The van der Waals surface area contributed by atoms with Crippen LogP contribution < -0.4 is 48.7 Å². The van der Waals surface area contributed by atoms with Crippen LogP contribution in [0.5, 0.6) is 0 Å². The lowest BCUT2D eigenvalue weighted by molar-refractivity contribution is -0.385. The summed E-state index contributed by atoms with van der Waals surface area (Å²) >= 11 is 2.84. The van der Waals surface area contributed by atoms with E-state index < -0.39 is 22.6 Å². The van der Waals surface area contributed by atoms with Gasteiger partial charge in [-0.2, -0.15) is 5.26 Å². The molecule has 0 radical (unpaired) electrons. The van der Waals surface area contributed by atoms with Crippen molar-refractivity contribution in [3.05, 3.63) is 68.8 Å². The van der Waals surface area contributed by atoms with Gasteiger partial charge < -0.3 is 48.7 Å². The summed E-state index contributed by atoms with van der Waals surface area (Å²) in [5, 5.41) is 39.4. The van der Waals surface area contributed by atoms with E-state index in [1.54, 1.807) is 30.3 Å². The van der Waals surface area contributed by atoms with Gasteiger partial charge >= 0.3 is 0 Å². The summed E-state index contributed by atoms with van der Waals surface area (Å²) in [6.45, 7) is 13.0. The molecule has 11 N–H and O–H groups in total. The third kappa shape index (κ3) is 25.3. The Kier molecular flexibility index (Phi) is 28.3. The fraction of sp³-hybridized carbons (Fsp3) is 0.553. The normalized spacial score (nSPS) is 16.4. The fourth-order valence-electron chi connectivity index (χ4n) is 6.03. The second-order valence-corrected chi connectivity index (χ2v) is 14.4. The number of nitriles is 1. The second-order valence-electron chi connectivity index (χ2n) is 13.8. The molecule has 0 unspecified atom stereocenters. The van der Waals surface area contributed by atoms with E-state index in [0.717, 1.165) is 63.7 Å². The molecular weight excluding hydrogens is 874 g/mol. The third-order valence-corrected chi connectivity index (χ3v) is 9.59. The lowest BCUT2D eigenvalue weighted by atomic mass is 10.2. The van der Waals surface area contributed by atoms with E-state index in [1.165, 1.54) is 19.1 Å². The van der Waals surface area contributed by atoms with Crippen molar-refractivity contribution in [1.29, 1.82) is 5.26 Å². The Bertz CT molecular complexity index is 1660. The molecule has 2 heterocycles. The van der Waals surface area contributed by atoms with E-state index in [0.29, 0.717) is 52.4 Å². The quantitative estimate of drug-likeness (QED) is 0.0755. The molecule has 0 aromatic heterocycles.